The molecule has 3 aromatic rings. The molecule has 0 bridgehead atoms. The van der Waals surface area contributed by atoms with Crippen LogP contribution >= 0.6 is 0 Å². The van der Waals surface area contributed by atoms with Crippen LogP contribution in [0.4, 0.5) is 13.2 Å². The van der Waals surface area contributed by atoms with E-state index in [1.807, 2.05) is 0 Å². The van der Waals surface area contributed by atoms with Crippen molar-refractivity contribution in [2.45, 2.75) is 6.18 Å². The topological polar surface area (TPSA) is 66.5 Å². The molecule has 0 spiro atoms. The maximum absolute atomic E-state index is 12.5. The number of imidazole rings is 2. The molecule has 2 aromatic heterocycles. The van der Waals surface area contributed by atoms with Gasteiger partial charge in [-0.15, -0.1) is 0 Å². The van der Waals surface area contributed by atoms with Crippen LogP contribution in [-0.2, 0) is 13.2 Å². The zero-order valence-electron chi connectivity index (χ0n) is 9.09. The number of alkyl halides is 3. The van der Waals surface area contributed by atoms with E-state index >= 15 is 0 Å². The lowest BCUT2D eigenvalue weighted by Crippen LogP contribution is -2.11. The van der Waals surface area contributed by atoms with Crippen LogP contribution in [0.25, 0.3) is 22.1 Å². The van der Waals surface area contributed by atoms with Crippen molar-refractivity contribution in [3.63, 3.8) is 0 Å². The van der Waals surface area contributed by atoms with E-state index in [1.165, 1.54) is 23.7 Å². The molecule has 8 heteroatoms. The molecule has 94 valence electrons. The van der Waals surface area contributed by atoms with Gasteiger partial charge in [0.25, 0.3) is 0 Å². The standard InChI is InChI=1S/C10H7F3N4O/c1-17-7-3-5-4(2-6(7)16-9(17)18)14-8(15-5)10(11,12)13/h2-3H,1H3,(H,14,15)(H,16,18). The lowest BCUT2D eigenvalue weighted by molar-refractivity contribution is -0.144. The fourth-order valence-corrected chi connectivity index (χ4v) is 1.87. The van der Waals surface area contributed by atoms with Crippen molar-refractivity contribution in [2.75, 3.05) is 0 Å². The Hall–Kier alpha value is -2.25. The van der Waals surface area contributed by atoms with Crippen LogP contribution in [0.1, 0.15) is 5.82 Å². The lowest BCUT2D eigenvalue weighted by Gasteiger charge is -1.98. The predicted molar refractivity (Wildman–Crippen MR) is 58.2 cm³/mol. The molecule has 2 heterocycles. The first-order valence-corrected chi connectivity index (χ1v) is 5.02. The van der Waals surface area contributed by atoms with Crippen LogP contribution in [0, 0.1) is 0 Å². The molecule has 0 saturated heterocycles. The number of nitrogens with zero attached hydrogens (tertiary/aromatic N) is 2. The van der Waals surface area contributed by atoms with Gasteiger partial charge in [0.15, 0.2) is 0 Å². The first-order chi connectivity index (χ1) is 8.36. The quantitative estimate of drug-likeness (QED) is 0.643. The third-order valence-electron chi connectivity index (χ3n) is 2.78. The average Bonchev–Trinajstić information content (AvgIpc) is 2.79. The Bertz CT molecular complexity index is 808. The minimum absolute atomic E-state index is 0.171. The molecule has 0 aliphatic carbocycles. The molecule has 0 fully saturated rings. The van der Waals surface area contributed by atoms with E-state index in [1.54, 1.807) is 0 Å². The molecule has 0 radical (unpaired) electrons. The number of aromatic amines is 2. The summed E-state index contributed by atoms with van der Waals surface area (Å²) in [4.78, 5) is 19.6. The summed E-state index contributed by atoms with van der Waals surface area (Å²) in [5.74, 6) is -1.05. The number of H-pyrrole nitrogens is 2. The summed E-state index contributed by atoms with van der Waals surface area (Å²) in [6.45, 7) is 0. The van der Waals surface area contributed by atoms with Crippen molar-refractivity contribution in [3.8, 4) is 0 Å². The third kappa shape index (κ3) is 1.41. The maximum Gasteiger partial charge on any atom is 0.449 e. The molecule has 1 aromatic carbocycles. The summed E-state index contributed by atoms with van der Waals surface area (Å²) in [7, 11) is 1.53. The molecule has 0 aliphatic rings. The smallest absolute Gasteiger partial charge is 0.334 e. The zero-order chi connectivity index (χ0) is 13.1. The van der Waals surface area contributed by atoms with Gasteiger partial charge >= 0.3 is 11.9 Å². The molecular formula is C10H7F3N4O. The van der Waals surface area contributed by atoms with Crippen molar-refractivity contribution in [2.24, 2.45) is 7.05 Å². The van der Waals surface area contributed by atoms with Gasteiger partial charge in [-0.1, -0.05) is 0 Å². The Morgan fingerprint density at radius 1 is 1.22 bits per heavy atom. The SMILES string of the molecule is Cn1c(=O)[nH]c2cc3[nH]c(C(F)(F)F)nc3cc21. The van der Waals surface area contributed by atoms with Crippen LogP contribution in [0.2, 0.25) is 0 Å². The van der Waals surface area contributed by atoms with Crippen molar-refractivity contribution in [3.05, 3.63) is 28.4 Å². The van der Waals surface area contributed by atoms with Gasteiger partial charge in [0, 0.05) is 7.05 Å². The van der Waals surface area contributed by atoms with Gasteiger partial charge in [0.05, 0.1) is 22.1 Å². The molecule has 0 amide bonds. The Morgan fingerprint density at radius 3 is 2.61 bits per heavy atom. The van der Waals surface area contributed by atoms with E-state index < -0.39 is 12.0 Å². The summed E-state index contributed by atoms with van der Waals surface area (Å²) in [6, 6.07) is 2.88. The molecule has 18 heavy (non-hydrogen) atoms. The van der Waals surface area contributed by atoms with Gasteiger partial charge in [-0.25, -0.2) is 9.78 Å². The number of hydrogen-bond acceptors (Lipinski definition) is 2. The lowest BCUT2D eigenvalue weighted by atomic mass is 10.3. The fourth-order valence-electron chi connectivity index (χ4n) is 1.87. The van der Waals surface area contributed by atoms with Gasteiger partial charge in [-0.3, -0.25) is 4.57 Å². The van der Waals surface area contributed by atoms with E-state index in [9.17, 15) is 18.0 Å². The van der Waals surface area contributed by atoms with Crippen molar-refractivity contribution >= 4 is 22.1 Å². The number of halogens is 3. The number of nitrogens with one attached hydrogen (secondary N) is 2. The van der Waals surface area contributed by atoms with Crippen LogP contribution in [0.3, 0.4) is 0 Å². The summed E-state index contributed by atoms with van der Waals surface area (Å²) in [5.41, 5.74) is 1.05. The number of hydrogen-bond donors (Lipinski definition) is 2. The number of fused-ring (bicyclic) bond motifs is 2. The van der Waals surface area contributed by atoms with Crippen molar-refractivity contribution in [1.82, 2.24) is 19.5 Å². The largest absolute Gasteiger partial charge is 0.449 e. The predicted octanol–water partition coefficient (Wildman–Crippen LogP) is 1.76. The summed E-state index contributed by atoms with van der Waals surface area (Å²) in [5, 5.41) is 0. The number of aryl methyl sites for hydroxylation is 1. The highest BCUT2D eigenvalue weighted by molar-refractivity contribution is 5.91. The summed E-state index contributed by atoms with van der Waals surface area (Å²) >= 11 is 0. The van der Waals surface area contributed by atoms with Gasteiger partial charge in [0.1, 0.15) is 0 Å². The number of rotatable bonds is 0. The maximum atomic E-state index is 12.5. The van der Waals surface area contributed by atoms with Gasteiger partial charge in [0.2, 0.25) is 5.82 Å². The molecule has 0 unspecified atom stereocenters. The number of benzene rings is 1. The normalized spacial score (nSPS) is 12.7. The Morgan fingerprint density at radius 2 is 1.94 bits per heavy atom. The fraction of sp³-hybridized carbons (Fsp3) is 0.200. The highest BCUT2D eigenvalue weighted by atomic mass is 19.4. The first-order valence-electron chi connectivity index (χ1n) is 5.02. The molecule has 0 saturated carbocycles. The molecule has 0 aliphatic heterocycles. The molecule has 2 N–H and O–H groups in total. The van der Waals surface area contributed by atoms with E-state index in [0.29, 0.717) is 11.0 Å². The van der Waals surface area contributed by atoms with Crippen molar-refractivity contribution in [1.29, 1.82) is 0 Å². The van der Waals surface area contributed by atoms with Crippen LogP contribution in [0.5, 0.6) is 0 Å². The van der Waals surface area contributed by atoms with Crippen LogP contribution in [0.15, 0.2) is 16.9 Å². The molecular weight excluding hydrogens is 249 g/mol. The minimum Gasteiger partial charge on any atom is -0.334 e. The van der Waals surface area contributed by atoms with Gasteiger partial charge in [-0.2, -0.15) is 13.2 Å². The van der Waals surface area contributed by atoms with E-state index in [0.717, 1.165) is 0 Å². The van der Waals surface area contributed by atoms with E-state index in [4.69, 9.17) is 0 Å². The van der Waals surface area contributed by atoms with Crippen molar-refractivity contribution < 1.29 is 13.2 Å². The molecule has 0 atom stereocenters. The zero-order valence-corrected chi connectivity index (χ0v) is 9.09. The highest BCUT2D eigenvalue weighted by Gasteiger charge is 2.34. The first kappa shape index (κ1) is 10.9. The second-order valence-corrected chi connectivity index (χ2v) is 3.96. The van der Waals surface area contributed by atoms with Gasteiger partial charge < -0.3 is 9.97 Å². The van der Waals surface area contributed by atoms with E-state index in [-0.39, 0.29) is 16.7 Å². The molecule has 3 rings (SSSR count). The highest BCUT2D eigenvalue weighted by Crippen LogP contribution is 2.29. The minimum atomic E-state index is -4.52. The van der Waals surface area contributed by atoms with Crippen LogP contribution < -0.4 is 5.69 Å². The third-order valence-corrected chi connectivity index (χ3v) is 2.78. The van der Waals surface area contributed by atoms with E-state index in [2.05, 4.69) is 15.0 Å². The Kier molecular flexibility index (Phi) is 1.90. The monoisotopic (exact) mass is 256 g/mol. The van der Waals surface area contributed by atoms with Crippen LogP contribution in [-0.4, -0.2) is 19.5 Å². The Labute approximate surface area is 97.3 Å². The second kappa shape index (κ2) is 3.15. The average molecular weight is 256 g/mol. The van der Waals surface area contributed by atoms with Gasteiger partial charge in [-0.05, 0) is 12.1 Å². The molecule has 5 nitrogen and oxygen atoms in total. The Balaban J connectivity index is 2.36. The second-order valence-electron chi connectivity index (χ2n) is 3.96. The summed E-state index contributed by atoms with van der Waals surface area (Å²) < 4.78 is 38.8. The number of aromatic nitrogens is 4. The summed E-state index contributed by atoms with van der Waals surface area (Å²) in [6.07, 6.45) is -4.52.